The van der Waals surface area contributed by atoms with Crippen LogP contribution in [0.3, 0.4) is 0 Å². The van der Waals surface area contributed by atoms with Crippen molar-refractivity contribution in [2.75, 3.05) is 19.7 Å². The summed E-state index contributed by atoms with van der Waals surface area (Å²) in [4.78, 5) is 12.0. The molecule has 3 rings (SSSR count). The van der Waals surface area contributed by atoms with Gasteiger partial charge in [0.15, 0.2) is 0 Å². The Morgan fingerprint density at radius 1 is 1.11 bits per heavy atom. The van der Waals surface area contributed by atoms with Gasteiger partial charge in [-0.25, -0.2) is 13.2 Å². The summed E-state index contributed by atoms with van der Waals surface area (Å²) in [6, 6.07) is 15.6. The van der Waals surface area contributed by atoms with E-state index in [-0.39, 0.29) is 30.6 Å². The number of nitrogens with one attached hydrogen (secondary N) is 1. The summed E-state index contributed by atoms with van der Waals surface area (Å²) < 4.78 is 37.4. The normalized spacial score (nSPS) is 15.0. The fourth-order valence-electron chi connectivity index (χ4n) is 2.73. The third-order valence-electron chi connectivity index (χ3n) is 4.15. The zero-order valence-electron chi connectivity index (χ0n) is 15.0. The molecule has 1 aliphatic heterocycles. The van der Waals surface area contributed by atoms with Crippen molar-refractivity contribution in [1.29, 1.82) is 0 Å². The van der Waals surface area contributed by atoms with Crippen LogP contribution in [0.15, 0.2) is 59.5 Å². The monoisotopic (exact) mass is 390 g/mol. The van der Waals surface area contributed by atoms with Gasteiger partial charge in [-0.15, -0.1) is 0 Å². The molecule has 144 valence electrons. The van der Waals surface area contributed by atoms with E-state index in [1.807, 2.05) is 30.3 Å². The van der Waals surface area contributed by atoms with Crippen LogP contribution in [0.4, 0.5) is 4.79 Å². The lowest BCUT2D eigenvalue weighted by Crippen LogP contribution is -2.60. The van der Waals surface area contributed by atoms with Crippen molar-refractivity contribution in [3.8, 4) is 5.75 Å². The molecule has 8 heteroatoms. The van der Waals surface area contributed by atoms with Gasteiger partial charge < -0.3 is 14.8 Å². The van der Waals surface area contributed by atoms with E-state index in [0.717, 1.165) is 5.56 Å². The summed E-state index contributed by atoms with van der Waals surface area (Å²) in [5.41, 5.74) is 0.887. The Morgan fingerprint density at radius 2 is 1.78 bits per heavy atom. The van der Waals surface area contributed by atoms with Crippen molar-refractivity contribution >= 4 is 16.1 Å². The molecule has 7 nitrogen and oxygen atoms in total. The van der Waals surface area contributed by atoms with Crippen LogP contribution in [0.1, 0.15) is 12.5 Å². The Balaban J connectivity index is 1.52. The molecule has 1 fully saturated rings. The van der Waals surface area contributed by atoms with E-state index in [1.54, 1.807) is 25.1 Å². The molecule has 0 radical (unpaired) electrons. The molecule has 0 unspecified atom stereocenters. The number of benzene rings is 2. The van der Waals surface area contributed by atoms with E-state index in [2.05, 4.69) is 5.32 Å². The Morgan fingerprint density at radius 3 is 2.48 bits per heavy atom. The Labute approximate surface area is 158 Å². The number of ether oxygens (including phenoxy) is 2. The summed E-state index contributed by atoms with van der Waals surface area (Å²) in [6.07, 6.45) is -0.560. The highest BCUT2D eigenvalue weighted by atomic mass is 32.2. The molecule has 27 heavy (non-hydrogen) atoms. The Hall–Kier alpha value is -2.58. The van der Waals surface area contributed by atoms with Crippen molar-refractivity contribution in [2.45, 2.75) is 24.5 Å². The number of nitrogens with zero attached hydrogens (tertiary/aromatic N) is 1. The summed E-state index contributed by atoms with van der Waals surface area (Å²) >= 11 is 0. The second kappa shape index (κ2) is 8.41. The van der Waals surface area contributed by atoms with Gasteiger partial charge in [0.05, 0.1) is 12.6 Å². The van der Waals surface area contributed by atoms with Gasteiger partial charge in [0.1, 0.15) is 17.3 Å². The fraction of sp³-hybridized carbons (Fsp3) is 0.316. The molecular weight excluding hydrogens is 368 g/mol. The third kappa shape index (κ3) is 4.58. The molecule has 0 aromatic heterocycles. The van der Waals surface area contributed by atoms with E-state index in [4.69, 9.17) is 9.47 Å². The van der Waals surface area contributed by atoms with Crippen LogP contribution in [0.5, 0.6) is 5.75 Å². The largest absolute Gasteiger partial charge is 0.492 e. The van der Waals surface area contributed by atoms with E-state index in [9.17, 15) is 13.2 Å². The van der Waals surface area contributed by atoms with Crippen LogP contribution in [-0.4, -0.2) is 44.6 Å². The average Bonchev–Trinajstić information content (AvgIpc) is 2.64. The summed E-state index contributed by atoms with van der Waals surface area (Å²) in [7, 11) is -3.66. The van der Waals surface area contributed by atoms with Crippen LogP contribution < -0.4 is 10.1 Å². The highest BCUT2D eigenvalue weighted by Crippen LogP contribution is 2.29. The molecule has 2 aromatic rings. The zero-order valence-corrected chi connectivity index (χ0v) is 15.8. The van der Waals surface area contributed by atoms with Crippen LogP contribution in [0.25, 0.3) is 0 Å². The highest BCUT2D eigenvalue weighted by molar-refractivity contribution is 7.89. The second-order valence-corrected chi connectivity index (χ2v) is 8.01. The lowest BCUT2D eigenvalue weighted by atomic mass is 10.2. The molecule has 1 saturated heterocycles. The number of amides is 1. The topological polar surface area (TPSA) is 84.9 Å². The standard InChI is InChI=1S/C19H22N2O5S/c1-2-25-17-10-6-7-11-18(17)27(23,24)21-12-16(13-21)20-19(22)26-14-15-8-4-3-5-9-15/h3-11,16H,2,12-14H2,1H3,(H,20,22). The van der Waals surface area contributed by atoms with E-state index < -0.39 is 16.1 Å². The maximum Gasteiger partial charge on any atom is 0.407 e. The van der Waals surface area contributed by atoms with Crippen LogP contribution in [0, 0.1) is 0 Å². The minimum atomic E-state index is -3.66. The number of hydrogen-bond donors (Lipinski definition) is 1. The van der Waals surface area contributed by atoms with Crippen LogP contribution >= 0.6 is 0 Å². The SMILES string of the molecule is CCOc1ccccc1S(=O)(=O)N1CC(NC(=O)OCc2ccccc2)C1. The van der Waals surface area contributed by atoms with Crippen molar-refractivity contribution in [3.63, 3.8) is 0 Å². The molecule has 0 aliphatic carbocycles. The predicted molar refractivity (Wildman–Crippen MR) is 99.9 cm³/mol. The second-order valence-electron chi connectivity index (χ2n) is 6.10. The third-order valence-corrected chi connectivity index (χ3v) is 6.02. The van der Waals surface area contributed by atoms with E-state index in [0.29, 0.717) is 12.4 Å². The van der Waals surface area contributed by atoms with Crippen LogP contribution in [-0.2, 0) is 21.4 Å². The minimum absolute atomic E-state index is 0.136. The Kier molecular flexibility index (Phi) is 5.98. The van der Waals surface area contributed by atoms with Gasteiger partial charge in [-0.2, -0.15) is 4.31 Å². The zero-order chi connectivity index (χ0) is 19.3. The van der Waals surface area contributed by atoms with Crippen molar-refractivity contribution in [2.24, 2.45) is 0 Å². The molecule has 1 N–H and O–H groups in total. The first-order valence-electron chi connectivity index (χ1n) is 8.70. The summed E-state index contributed by atoms with van der Waals surface area (Å²) in [5, 5.41) is 2.68. The summed E-state index contributed by atoms with van der Waals surface area (Å²) in [6.45, 7) is 2.74. The molecule has 2 aromatic carbocycles. The minimum Gasteiger partial charge on any atom is -0.492 e. The lowest BCUT2D eigenvalue weighted by molar-refractivity contribution is 0.123. The number of para-hydroxylation sites is 1. The van der Waals surface area contributed by atoms with Crippen LogP contribution in [0.2, 0.25) is 0 Å². The van der Waals surface area contributed by atoms with E-state index >= 15 is 0 Å². The maximum absolute atomic E-state index is 12.8. The molecule has 0 spiro atoms. The number of alkyl carbamates (subject to hydrolysis) is 1. The number of carbonyl (C=O) groups excluding carboxylic acids is 1. The highest BCUT2D eigenvalue weighted by Gasteiger charge is 2.39. The molecule has 0 bridgehead atoms. The molecule has 0 atom stereocenters. The van der Waals surface area contributed by atoms with Gasteiger partial charge in [-0.1, -0.05) is 42.5 Å². The molecule has 1 amide bonds. The van der Waals surface area contributed by atoms with Crippen molar-refractivity contribution in [3.05, 3.63) is 60.2 Å². The predicted octanol–water partition coefficient (Wildman–Crippen LogP) is 2.38. The van der Waals surface area contributed by atoms with Gasteiger partial charge in [-0.05, 0) is 24.6 Å². The van der Waals surface area contributed by atoms with Gasteiger partial charge in [0.2, 0.25) is 10.0 Å². The Bertz CT molecular complexity index is 880. The first kappa shape index (κ1) is 19.2. The molecule has 1 heterocycles. The molecular formula is C19H22N2O5S. The fourth-order valence-corrected chi connectivity index (χ4v) is 4.40. The number of hydrogen-bond acceptors (Lipinski definition) is 5. The van der Waals surface area contributed by atoms with Crippen molar-refractivity contribution < 1.29 is 22.7 Å². The quantitative estimate of drug-likeness (QED) is 0.785. The smallest absolute Gasteiger partial charge is 0.407 e. The number of carbonyl (C=O) groups is 1. The lowest BCUT2D eigenvalue weighted by Gasteiger charge is -2.38. The average molecular weight is 390 g/mol. The van der Waals surface area contributed by atoms with Crippen molar-refractivity contribution in [1.82, 2.24) is 9.62 Å². The first-order chi connectivity index (χ1) is 13.0. The van der Waals surface area contributed by atoms with Gasteiger partial charge >= 0.3 is 6.09 Å². The number of sulfonamides is 1. The molecule has 1 aliphatic rings. The van der Waals surface area contributed by atoms with E-state index in [1.165, 1.54) is 10.4 Å². The number of rotatable bonds is 7. The summed E-state index contributed by atoms with van der Waals surface area (Å²) in [5.74, 6) is 0.332. The van der Waals surface area contributed by atoms with Gasteiger partial charge in [0, 0.05) is 13.1 Å². The first-order valence-corrected chi connectivity index (χ1v) is 10.1. The molecule has 0 saturated carbocycles. The van der Waals surface area contributed by atoms with Gasteiger partial charge in [0.25, 0.3) is 0 Å². The van der Waals surface area contributed by atoms with Gasteiger partial charge in [-0.3, -0.25) is 0 Å². The maximum atomic E-state index is 12.8.